The topological polar surface area (TPSA) is 29.3 Å². The van der Waals surface area contributed by atoms with Gasteiger partial charge in [-0.25, -0.2) is 4.39 Å². The lowest BCUT2D eigenvalue weighted by Crippen LogP contribution is -2.19. The number of nitrogens with zero attached hydrogens (tertiary/aromatic N) is 1. The molecule has 0 atom stereocenters. The molecular formula is C26H25FNO2+. The number of ether oxygens (including phenoxy) is 1. The van der Waals surface area contributed by atoms with Crippen LogP contribution in [0.2, 0.25) is 0 Å². The molecule has 30 heavy (non-hydrogen) atoms. The van der Waals surface area contributed by atoms with Crippen LogP contribution in [0.15, 0.2) is 72.3 Å². The van der Waals surface area contributed by atoms with E-state index in [2.05, 4.69) is 13.8 Å². The van der Waals surface area contributed by atoms with Crippen molar-refractivity contribution in [2.45, 2.75) is 27.4 Å². The molecule has 0 aliphatic carbocycles. The molecule has 0 unspecified atom stereocenters. The predicted molar refractivity (Wildman–Crippen MR) is 117 cm³/mol. The third-order valence-electron chi connectivity index (χ3n) is 5.53. The lowest BCUT2D eigenvalue weighted by molar-refractivity contribution is -0.456. The SMILES string of the molecule is Cc1cc(C2=C(C(C)C)C[N+](=O)c3cc(OCc4ccccc4)ccc32)ccc1F. The summed E-state index contributed by atoms with van der Waals surface area (Å²) in [6, 6.07) is 20.7. The highest BCUT2D eigenvalue weighted by Gasteiger charge is 2.33. The third-order valence-corrected chi connectivity index (χ3v) is 5.53. The molecule has 0 spiro atoms. The Kier molecular flexibility index (Phi) is 5.49. The first-order valence-electron chi connectivity index (χ1n) is 10.2. The second-order valence-corrected chi connectivity index (χ2v) is 8.01. The first-order valence-corrected chi connectivity index (χ1v) is 10.2. The Morgan fingerprint density at radius 1 is 1.03 bits per heavy atom. The number of hydrogen-bond donors (Lipinski definition) is 0. The van der Waals surface area contributed by atoms with Gasteiger partial charge in [-0.2, -0.15) is 0 Å². The second-order valence-electron chi connectivity index (χ2n) is 8.01. The summed E-state index contributed by atoms with van der Waals surface area (Å²) in [5, 5.41) is 0. The normalized spacial score (nSPS) is 13.6. The van der Waals surface area contributed by atoms with Crippen LogP contribution in [-0.4, -0.2) is 11.3 Å². The molecule has 1 aliphatic heterocycles. The van der Waals surface area contributed by atoms with E-state index in [0.29, 0.717) is 30.2 Å². The minimum Gasteiger partial charge on any atom is -0.489 e. The van der Waals surface area contributed by atoms with Gasteiger partial charge in [0.2, 0.25) is 6.54 Å². The van der Waals surface area contributed by atoms with Gasteiger partial charge in [0, 0.05) is 20.8 Å². The number of fused-ring (bicyclic) bond motifs is 1. The molecule has 0 amide bonds. The highest BCUT2D eigenvalue weighted by atomic mass is 19.1. The molecule has 0 fully saturated rings. The fourth-order valence-corrected chi connectivity index (χ4v) is 3.86. The minimum absolute atomic E-state index is 0.198. The van der Waals surface area contributed by atoms with Crippen molar-refractivity contribution in [1.29, 1.82) is 0 Å². The molecule has 0 bridgehead atoms. The highest BCUT2D eigenvalue weighted by Crippen LogP contribution is 2.42. The first kappa shape index (κ1) is 20.0. The van der Waals surface area contributed by atoms with Gasteiger partial charge in [0.1, 0.15) is 18.2 Å². The maximum absolute atomic E-state index is 13.9. The quantitative estimate of drug-likeness (QED) is 0.450. The van der Waals surface area contributed by atoms with E-state index < -0.39 is 0 Å². The molecule has 0 radical (unpaired) electrons. The van der Waals surface area contributed by atoms with Crippen molar-refractivity contribution in [3.63, 3.8) is 0 Å². The molecular weight excluding hydrogens is 377 g/mol. The Morgan fingerprint density at radius 2 is 1.80 bits per heavy atom. The molecule has 0 N–H and O–H groups in total. The maximum Gasteiger partial charge on any atom is 0.267 e. The van der Waals surface area contributed by atoms with Crippen LogP contribution in [-0.2, 0) is 6.61 Å². The van der Waals surface area contributed by atoms with Gasteiger partial charge in [-0.05, 0) is 53.8 Å². The zero-order valence-electron chi connectivity index (χ0n) is 17.5. The van der Waals surface area contributed by atoms with Crippen LogP contribution in [0.1, 0.15) is 36.1 Å². The van der Waals surface area contributed by atoms with Gasteiger partial charge in [0.15, 0.2) is 0 Å². The summed E-state index contributed by atoms with van der Waals surface area (Å²) >= 11 is 0. The van der Waals surface area contributed by atoms with Gasteiger partial charge < -0.3 is 4.74 Å². The molecule has 1 heterocycles. The number of hydrogen-bond acceptors (Lipinski definition) is 2. The Balaban J connectivity index is 1.74. The fourth-order valence-electron chi connectivity index (χ4n) is 3.86. The van der Waals surface area contributed by atoms with Gasteiger partial charge in [-0.3, -0.25) is 0 Å². The van der Waals surface area contributed by atoms with Gasteiger partial charge in [0.05, 0.1) is 11.6 Å². The van der Waals surface area contributed by atoms with E-state index in [4.69, 9.17) is 4.74 Å². The van der Waals surface area contributed by atoms with E-state index in [1.807, 2.05) is 48.5 Å². The Bertz CT molecular complexity index is 1130. The Hall–Kier alpha value is -3.27. The zero-order chi connectivity index (χ0) is 21.3. The van der Waals surface area contributed by atoms with Crippen molar-refractivity contribution in [3.8, 4) is 5.75 Å². The average molecular weight is 402 g/mol. The van der Waals surface area contributed by atoms with E-state index >= 15 is 0 Å². The van der Waals surface area contributed by atoms with Crippen molar-refractivity contribution in [1.82, 2.24) is 0 Å². The molecule has 0 saturated carbocycles. The second kappa shape index (κ2) is 8.23. The molecule has 4 heteroatoms. The highest BCUT2D eigenvalue weighted by molar-refractivity contribution is 5.88. The van der Waals surface area contributed by atoms with Gasteiger partial charge in [-0.15, -0.1) is 0 Å². The van der Waals surface area contributed by atoms with Crippen molar-refractivity contribution >= 4 is 11.3 Å². The first-order chi connectivity index (χ1) is 14.4. The molecule has 3 nitrogen and oxygen atoms in total. The largest absolute Gasteiger partial charge is 0.489 e. The third kappa shape index (κ3) is 3.90. The molecule has 152 valence electrons. The zero-order valence-corrected chi connectivity index (χ0v) is 17.5. The minimum atomic E-state index is -0.225. The molecule has 3 aromatic rings. The van der Waals surface area contributed by atoms with Crippen LogP contribution in [0.5, 0.6) is 5.75 Å². The number of nitroso groups, excluding NO2 is 1. The van der Waals surface area contributed by atoms with Crippen molar-refractivity contribution < 1.29 is 13.9 Å². The molecule has 4 rings (SSSR count). The molecule has 0 aromatic heterocycles. The number of rotatable bonds is 5. The summed E-state index contributed by atoms with van der Waals surface area (Å²) < 4.78 is 20.8. The number of benzene rings is 3. The van der Waals surface area contributed by atoms with Crippen LogP contribution in [0.3, 0.4) is 0 Å². The van der Waals surface area contributed by atoms with E-state index in [1.165, 1.54) is 6.07 Å². The predicted octanol–water partition coefficient (Wildman–Crippen LogP) is 6.60. The van der Waals surface area contributed by atoms with Crippen LogP contribution in [0.4, 0.5) is 10.1 Å². The van der Waals surface area contributed by atoms with E-state index in [1.54, 1.807) is 19.1 Å². The Morgan fingerprint density at radius 3 is 2.50 bits per heavy atom. The number of aryl methyl sites for hydroxylation is 1. The van der Waals surface area contributed by atoms with Crippen LogP contribution >= 0.6 is 0 Å². The van der Waals surface area contributed by atoms with E-state index in [9.17, 15) is 9.30 Å². The number of halogens is 1. The smallest absolute Gasteiger partial charge is 0.267 e. The monoisotopic (exact) mass is 402 g/mol. The molecule has 3 aromatic carbocycles. The summed E-state index contributed by atoms with van der Waals surface area (Å²) in [5.74, 6) is 0.627. The standard InChI is InChI=1S/C26H25FNO2/c1-17(2)23-15-28(29)25-14-21(30-16-19-7-5-4-6-8-19)10-11-22(25)26(23)20-9-12-24(27)18(3)13-20/h4-14,17H,15-16H2,1-3H3/q+1. The summed E-state index contributed by atoms with van der Waals surface area (Å²) in [5.41, 5.74) is 6.12. The Labute approximate surface area is 176 Å². The molecule has 0 saturated heterocycles. The average Bonchev–Trinajstić information content (AvgIpc) is 2.75. The van der Waals surface area contributed by atoms with Crippen molar-refractivity contribution in [2.24, 2.45) is 5.92 Å². The van der Waals surface area contributed by atoms with Crippen molar-refractivity contribution in [2.75, 3.05) is 6.54 Å². The lowest BCUT2D eigenvalue weighted by Gasteiger charge is -2.21. The lowest BCUT2D eigenvalue weighted by atomic mass is 9.84. The van der Waals surface area contributed by atoms with Crippen LogP contribution < -0.4 is 4.74 Å². The summed E-state index contributed by atoms with van der Waals surface area (Å²) in [7, 11) is 0. The van der Waals surface area contributed by atoms with Crippen LogP contribution in [0, 0.1) is 23.6 Å². The molecule has 1 aliphatic rings. The maximum atomic E-state index is 13.9. The summed E-state index contributed by atoms with van der Waals surface area (Å²) in [6.45, 7) is 6.66. The van der Waals surface area contributed by atoms with Gasteiger partial charge in [0.25, 0.3) is 5.69 Å². The fraction of sp³-hybridized carbons (Fsp3) is 0.231. The van der Waals surface area contributed by atoms with Crippen molar-refractivity contribution in [3.05, 3.63) is 105 Å². The summed E-state index contributed by atoms with van der Waals surface area (Å²) in [4.78, 5) is 12.9. The van der Waals surface area contributed by atoms with Crippen LogP contribution in [0.25, 0.3) is 5.57 Å². The summed E-state index contributed by atoms with van der Waals surface area (Å²) in [6.07, 6.45) is 0. The van der Waals surface area contributed by atoms with E-state index in [0.717, 1.165) is 32.6 Å². The van der Waals surface area contributed by atoms with E-state index in [-0.39, 0.29) is 11.7 Å². The van der Waals surface area contributed by atoms with Gasteiger partial charge in [-0.1, -0.05) is 50.2 Å². The van der Waals surface area contributed by atoms with Gasteiger partial charge >= 0.3 is 0 Å².